The molecule has 4 aromatic rings. The maximum atomic E-state index is 13.8. The van der Waals surface area contributed by atoms with Crippen molar-refractivity contribution in [2.75, 3.05) is 5.32 Å². The van der Waals surface area contributed by atoms with E-state index in [1.165, 1.54) is 16.9 Å². The fourth-order valence-electron chi connectivity index (χ4n) is 3.33. The molecule has 3 aromatic heterocycles. The molecule has 160 valence electrons. The lowest BCUT2D eigenvalue weighted by molar-refractivity contribution is -0.116. The van der Waals surface area contributed by atoms with Gasteiger partial charge in [0.2, 0.25) is 5.91 Å². The number of anilines is 1. The summed E-state index contributed by atoms with van der Waals surface area (Å²) in [5.41, 5.74) is 1.65. The van der Waals surface area contributed by atoms with E-state index in [2.05, 4.69) is 20.5 Å². The number of hydrogen-bond donors (Lipinski definition) is 1. The van der Waals surface area contributed by atoms with E-state index < -0.39 is 12.3 Å². The lowest BCUT2D eigenvalue weighted by atomic mass is 10.1. The van der Waals surface area contributed by atoms with Crippen LogP contribution in [0.15, 0.2) is 36.7 Å². The molecule has 0 spiro atoms. The lowest BCUT2D eigenvalue weighted by Gasteiger charge is -2.09. The molecule has 0 fully saturated rings. The van der Waals surface area contributed by atoms with Gasteiger partial charge in [-0.3, -0.25) is 9.48 Å². The Morgan fingerprint density at radius 3 is 2.52 bits per heavy atom. The second kappa shape index (κ2) is 8.24. The number of aryl methyl sites for hydroxylation is 2. The van der Waals surface area contributed by atoms with Crippen LogP contribution in [0.1, 0.15) is 17.7 Å². The van der Waals surface area contributed by atoms with Gasteiger partial charge in [-0.1, -0.05) is 23.2 Å². The van der Waals surface area contributed by atoms with Crippen molar-refractivity contribution >= 4 is 45.8 Å². The SMILES string of the molecule is Cc1nn(CC(=O)Nc2cc(Cl)cc(Cl)c2)c2nc(-c3cnn(C)c3)cc(C(F)F)c12. The third kappa shape index (κ3) is 4.38. The molecule has 0 aliphatic carbocycles. The second-order valence-corrected chi connectivity index (χ2v) is 7.82. The minimum Gasteiger partial charge on any atom is -0.324 e. The van der Waals surface area contributed by atoms with Crippen LogP contribution < -0.4 is 5.32 Å². The molecule has 0 saturated carbocycles. The molecule has 0 aliphatic rings. The Hall–Kier alpha value is -3.04. The zero-order chi connectivity index (χ0) is 22.3. The number of nitrogens with zero attached hydrogens (tertiary/aromatic N) is 5. The van der Waals surface area contributed by atoms with Gasteiger partial charge in [-0.05, 0) is 31.2 Å². The average Bonchev–Trinajstić information content (AvgIpc) is 3.24. The predicted octanol–water partition coefficient (Wildman–Crippen LogP) is 5.02. The molecule has 0 bridgehead atoms. The first-order valence-corrected chi connectivity index (χ1v) is 9.88. The van der Waals surface area contributed by atoms with Gasteiger partial charge in [0, 0.05) is 40.1 Å². The number of alkyl halides is 2. The van der Waals surface area contributed by atoms with Crippen LogP contribution in [0.5, 0.6) is 0 Å². The van der Waals surface area contributed by atoms with Crippen LogP contribution in [-0.4, -0.2) is 30.5 Å². The number of amides is 1. The number of fused-ring (bicyclic) bond motifs is 1. The molecule has 7 nitrogen and oxygen atoms in total. The zero-order valence-electron chi connectivity index (χ0n) is 16.4. The molecule has 0 saturated heterocycles. The van der Waals surface area contributed by atoms with E-state index >= 15 is 0 Å². The third-order valence-corrected chi connectivity index (χ3v) is 5.02. The summed E-state index contributed by atoms with van der Waals surface area (Å²) in [7, 11) is 1.72. The number of hydrogen-bond acceptors (Lipinski definition) is 4. The first-order chi connectivity index (χ1) is 14.7. The summed E-state index contributed by atoms with van der Waals surface area (Å²) in [5, 5.41) is 12.0. The number of carbonyl (C=O) groups is 1. The average molecular weight is 465 g/mol. The van der Waals surface area contributed by atoms with Crippen LogP contribution in [0.25, 0.3) is 22.3 Å². The van der Waals surface area contributed by atoms with E-state index in [0.717, 1.165) is 0 Å². The van der Waals surface area contributed by atoms with Gasteiger partial charge in [0.1, 0.15) is 6.54 Å². The Labute approximate surface area is 185 Å². The Morgan fingerprint density at radius 1 is 1.19 bits per heavy atom. The van der Waals surface area contributed by atoms with Gasteiger partial charge in [0.05, 0.1) is 23.0 Å². The number of pyridine rings is 1. The highest BCUT2D eigenvalue weighted by Gasteiger charge is 2.22. The van der Waals surface area contributed by atoms with E-state index in [1.807, 2.05) is 0 Å². The van der Waals surface area contributed by atoms with Gasteiger partial charge in [0.15, 0.2) is 5.65 Å². The normalized spacial score (nSPS) is 11.5. The third-order valence-electron chi connectivity index (χ3n) is 4.58. The summed E-state index contributed by atoms with van der Waals surface area (Å²) >= 11 is 11.9. The van der Waals surface area contributed by atoms with Crippen LogP contribution in [-0.2, 0) is 18.4 Å². The molecule has 1 N–H and O–H groups in total. The Kier molecular flexibility index (Phi) is 5.63. The molecule has 3 heterocycles. The fourth-order valence-corrected chi connectivity index (χ4v) is 3.86. The molecule has 31 heavy (non-hydrogen) atoms. The molecule has 1 aromatic carbocycles. The first-order valence-electron chi connectivity index (χ1n) is 9.12. The molecular weight excluding hydrogens is 449 g/mol. The van der Waals surface area contributed by atoms with Crippen LogP contribution in [0.2, 0.25) is 10.0 Å². The Morgan fingerprint density at radius 2 is 1.90 bits per heavy atom. The van der Waals surface area contributed by atoms with E-state index in [9.17, 15) is 13.6 Å². The predicted molar refractivity (Wildman–Crippen MR) is 115 cm³/mol. The largest absolute Gasteiger partial charge is 0.324 e. The van der Waals surface area contributed by atoms with Gasteiger partial charge in [-0.25, -0.2) is 18.4 Å². The number of carbonyl (C=O) groups excluding carboxylic acids is 1. The summed E-state index contributed by atoms with van der Waals surface area (Å²) in [6, 6.07) is 5.97. The van der Waals surface area contributed by atoms with E-state index in [4.69, 9.17) is 23.2 Å². The molecule has 0 radical (unpaired) electrons. The van der Waals surface area contributed by atoms with Crippen LogP contribution in [0, 0.1) is 6.92 Å². The molecule has 0 unspecified atom stereocenters. The van der Waals surface area contributed by atoms with Crippen LogP contribution in [0.3, 0.4) is 0 Å². The lowest BCUT2D eigenvalue weighted by Crippen LogP contribution is -2.20. The molecule has 1 amide bonds. The van der Waals surface area contributed by atoms with Crippen molar-refractivity contribution in [3.8, 4) is 11.3 Å². The van der Waals surface area contributed by atoms with Crippen molar-refractivity contribution < 1.29 is 13.6 Å². The zero-order valence-corrected chi connectivity index (χ0v) is 17.9. The number of halogens is 4. The second-order valence-electron chi connectivity index (χ2n) is 6.95. The number of aromatic nitrogens is 5. The molecule has 0 atom stereocenters. The van der Waals surface area contributed by atoms with E-state index in [0.29, 0.717) is 32.7 Å². The van der Waals surface area contributed by atoms with Crippen molar-refractivity contribution in [3.63, 3.8) is 0 Å². The molecular formula is C20H16Cl2F2N6O. The van der Waals surface area contributed by atoms with Crippen molar-refractivity contribution in [1.29, 1.82) is 0 Å². The monoisotopic (exact) mass is 464 g/mol. The summed E-state index contributed by atoms with van der Waals surface area (Å²) in [4.78, 5) is 17.1. The van der Waals surface area contributed by atoms with Gasteiger partial charge in [-0.15, -0.1) is 0 Å². The van der Waals surface area contributed by atoms with Crippen molar-refractivity contribution in [2.45, 2.75) is 19.9 Å². The topological polar surface area (TPSA) is 77.6 Å². The molecule has 0 aliphatic heterocycles. The van der Waals surface area contributed by atoms with Gasteiger partial charge in [-0.2, -0.15) is 10.2 Å². The highest BCUT2D eigenvalue weighted by Crippen LogP contribution is 2.33. The molecule has 11 heteroatoms. The van der Waals surface area contributed by atoms with Gasteiger partial charge in [0.25, 0.3) is 6.43 Å². The summed E-state index contributed by atoms with van der Waals surface area (Å²) in [6.45, 7) is 1.37. The minimum absolute atomic E-state index is 0.188. The number of nitrogens with one attached hydrogen (secondary N) is 1. The number of benzene rings is 1. The smallest absolute Gasteiger partial charge is 0.264 e. The summed E-state index contributed by atoms with van der Waals surface area (Å²) < 4.78 is 30.5. The van der Waals surface area contributed by atoms with Crippen molar-refractivity contribution in [3.05, 3.63) is 58.0 Å². The highest BCUT2D eigenvalue weighted by atomic mass is 35.5. The van der Waals surface area contributed by atoms with E-state index in [-0.39, 0.29) is 23.1 Å². The van der Waals surface area contributed by atoms with Crippen LogP contribution >= 0.6 is 23.2 Å². The maximum Gasteiger partial charge on any atom is 0.264 e. The summed E-state index contributed by atoms with van der Waals surface area (Å²) in [5.74, 6) is -0.435. The summed E-state index contributed by atoms with van der Waals surface area (Å²) in [6.07, 6.45) is 0.471. The van der Waals surface area contributed by atoms with Crippen LogP contribution in [0.4, 0.5) is 14.5 Å². The first kappa shape index (κ1) is 21.2. The minimum atomic E-state index is -2.74. The van der Waals surface area contributed by atoms with Crippen molar-refractivity contribution in [1.82, 2.24) is 24.5 Å². The maximum absolute atomic E-state index is 13.8. The highest BCUT2D eigenvalue weighted by molar-refractivity contribution is 6.35. The molecule has 4 rings (SSSR count). The van der Waals surface area contributed by atoms with Gasteiger partial charge >= 0.3 is 0 Å². The Bertz CT molecular complexity index is 1280. The fraction of sp³-hybridized carbons (Fsp3) is 0.200. The quantitative estimate of drug-likeness (QED) is 0.449. The number of rotatable bonds is 5. The van der Waals surface area contributed by atoms with Gasteiger partial charge < -0.3 is 5.32 Å². The standard InChI is InChI=1S/C20H16Cl2F2N6O/c1-10-18-15(19(23)24)6-16(11-7-25-29(2)8-11)27-20(18)30(28-10)9-17(31)26-14-4-12(21)3-13(22)5-14/h3-8,19H,9H2,1-2H3,(H,26,31). The van der Waals surface area contributed by atoms with Crippen molar-refractivity contribution in [2.24, 2.45) is 7.05 Å². The Balaban J connectivity index is 1.73. The van der Waals surface area contributed by atoms with E-state index in [1.54, 1.807) is 43.0 Å².